The summed E-state index contributed by atoms with van der Waals surface area (Å²) in [5.41, 5.74) is 2.60. The highest BCUT2D eigenvalue weighted by Crippen LogP contribution is 2.21. The van der Waals surface area contributed by atoms with Crippen molar-refractivity contribution in [2.45, 2.75) is 71.1 Å². The Kier molecular flexibility index (Phi) is 4.65. The molecule has 2 aromatic heterocycles. The molecule has 0 amide bonds. The predicted molar refractivity (Wildman–Crippen MR) is 100 cm³/mol. The SMILES string of the molecule is CN=C(NCc1nnc2n1CCC2)NC1CCc2cn(C(C)C)nc2C1. The first-order valence-corrected chi connectivity index (χ1v) is 9.59. The minimum atomic E-state index is 0.355. The van der Waals surface area contributed by atoms with Crippen molar-refractivity contribution in [1.29, 1.82) is 0 Å². The van der Waals surface area contributed by atoms with Crippen molar-refractivity contribution in [3.63, 3.8) is 0 Å². The Labute approximate surface area is 154 Å². The van der Waals surface area contributed by atoms with E-state index in [-0.39, 0.29) is 0 Å². The zero-order chi connectivity index (χ0) is 18.1. The monoisotopic (exact) mass is 356 g/mol. The van der Waals surface area contributed by atoms with Crippen LogP contribution in [0.15, 0.2) is 11.2 Å². The Morgan fingerprint density at radius 2 is 2.23 bits per heavy atom. The molecule has 0 spiro atoms. The highest BCUT2D eigenvalue weighted by molar-refractivity contribution is 5.79. The zero-order valence-corrected chi connectivity index (χ0v) is 15.9. The third kappa shape index (κ3) is 3.32. The zero-order valence-electron chi connectivity index (χ0n) is 15.9. The summed E-state index contributed by atoms with van der Waals surface area (Å²) in [6, 6.07) is 0.764. The fourth-order valence-corrected chi connectivity index (χ4v) is 3.79. The van der Waals surface area contributed by atoms with Gasteiger partial charge in [-0.15, -0.1) is 10.2 Å². The van der Waals surface area contributed by atoms with Gasteiger partial charge in [0.05, 0.1) is 12.2 Å². The van der Waals surface area contributed by atoms with Gasteiger partial charge in [-0.1, -0.05) is 0 Å². The highest BCUT2D eigenvalue weighted by atomic mass is 15.3. The number of nitrogens with zero attached hydrogens (tertiary/aromatic N) is 6. The molecule has 0 radical (unpaired) electrons. The van der Waals surface area contributed by atoms with E-state index in [4.69, 9.17) is 5.10 Å². The smallest absolute Gasteiger partial charge is 0.191 e. The maximum atomic E-state index is 4.75. The molecule has 0 fully saturated rings. The van der Waals surface area contributed by atoms with Gasteiger partial charge in [0.25, 0.3) is 0 Å². The summed E-state index contributed by atoms with van der Waals surface area (Å²) < 4.78 is 4.29. The fraction of sp³-hybridized carbons (Fsp3) is 0.667. The molecule has 1 unspecified atom stereocenters. The first-order valence-electron chi connectivity index (χ1n) is 9.59. The van der Waals surface area contributed by atoms with Crippen LogP contribution in [0.1, 0.15) is 55.6 Å². The molecular weight excluding hydrogens is 328 g/mol. The van der Waals surface area contributed by atoms with E-state index in [0.29, 0.717) is 18.6 Å². The number of nitrogens with one attached hydrogen (secondary N) is 2. The summed E-state index contributed by atoms with van der Waals surface area (Å²) in [7, 11) is 1.81. The van der Waals surface area contributed by atoms with Crippen molar-refractivity contribution in [3.8, 4) is 0 Å². The molecule has 3 heterocycles. The normalized spacial score (nSPS) is 19.5. The van der Waals surface area contributed by atoms with Crippen LogP contribution in [0.25, 0.3) is 0 Å². The Morgan fingerprint density at radius 3 is 3.04 bits per heavy atom. The summed E-state index contributed by atoms with van der Waals surface area (Å²) in [5, 5.41) is 20.2. The van der Waals surface area contributed by atoms with E-state index in [1.165, 1.54) is 11.3 Å². The van der Waals surface area contributed by atoms with Crippen LogP contribution in [0.2, 0.25) is 0 Å². The molecule has 1 aliphatic heterocycles. The minimum Gasteiger partial charge on any atom is -0.353 e. The lowest BCUT2D eigenvalue weighted by molar-refractivity contribution is 0.498. The summed E-state index contributed by atoms with van der Waals surface area (Å²) in [5.74, 6) is 2.91. The molecule has 0 saturated carbocycles. The quantitative estimate of drug-likeness (QED) is 0.636. The number of rotatable bonds is 4. The highest BCUT2D eigenvalue weighted by Gasteiger charge is 2.23. The average molecular weight is 356 g/mol. The summed E-state index contributed by atoms with van der Waals surface area (Å²) in [4.78, 5) is 4.38. The van der Waals surface area contributed by atoms with Crippen LogP contribution in [-0.2, 0) is 32.4 Å². The molecule has 8 nitrogen and oxygen atoms in total. The van der Waals surface area contributed by atoms with Crippen LogP contribution < -0.4 is 10.6 Å². The van der Waals surface area contributed by atoms with E-state index in [1.807, 2.05) is 7.05 Å². The number of fused-ring (bicyclic) bond motifs is 2. The van der Waals surface area contributed by atoms with E-state index in [1.54, 1.807) is 0 Å². The summed E-state index contributed by atoms with van der Waals surface area (Å²) in [6.07, 6.45) is 7.50. The van der Waals surface area contributed by atoms with Gasteiger partial charge in [0.15, 0.2) is 11.8 Å². The largest absolute Gasteiger partial charge is 0.353 e. The maximum absolute atomic E-state index is 4.75. The lowest BCUT2D eigenvalue weighted by Gasteiger charge is -2.24. The van der Waals surface area contributed by atoms with Gasteiger partial charge in [0.1, 0.15) is 5.82 Å². The van der Waals surface area contributed by atoms with Crippen LogP contribution in [0.5, 0.6) is 0 Å². The fourth-order valence-electron chi connectivity index (χ4n) is 3.79. The molecule has 8 heteroatoms. The van der Waals surface area contributed by atoms with Crippen molar-refractivity contribution in [2.75, 3.05) is 7.05 Å². The predicted octanol–water partition coefficient (Wildman–Crippen LogP) is 1.22. The van der Waals surface area contributed by atoms with Crippen molar-refractivity contribution in [1.82, 2.24) is 35.2 Å². The van der Waals surface area contributed by atoms with Gasteiger partial charge in [0, 0.05) is 44.7 Å². The topological polar surface area (TPSA) is 85.0 Å². The molecule has 0 saturated heterocycles. The second-order valence-corrected chi connectivity index (χ2v) is 7.47. The number of aryl methyl sites for hydroxylation is 2. The standard InChI is InChI=1S/C18H28N8/c1-12(2)26-11-13-6-7-14(9-15(13)24-26)21-18(19-3)20-10-17-23-22-16-5-4-8-25(16)17/h11-12,14H,4-10H2,1-3H3,(H2,19,20,21). The van der Waals surface area contributed by atoms with E-state index in [2.05, 4.69) is 55.1 Å². The number of aliphatic imine (C=N–C) groups is 1. The lowest BCUT2D eigenvalue weighted by atomic mass is 9.94. The van der Waals surface area contributed by atoms with E-state index in [9.17, 15) is 0 Å². The molecule has 0 bridgehead atoms. The molecule has 2 aromatic rings. The van der Waals surface area contributed by atoms with Crippen LogP contribution >= 0.6 is 0 Å². The maximum Gasteiger partial charge on any atom is 0.191 e. The van der Waals surface area contributed by atoms with Crippen molar-refractivity contribution in [2.24, 2.45) is 4.99 Å². The molecule has 1 aliphatic carbocycles. The summed E-state index contributed by atoms with van der Waals surface area (Å²) in [6.45, 7) is 6.00. The summed E-state index contributed by atoms with van der Waals surface area (Å²) >= 11 is 0. The second kappa shape index (κ2) is 7.09. The Morgan fingerprint density at radius 1 is 1.35 bits per heavy atom. The second-order valence-electron chi connectivity index (χ2n) is 7.47. The molecule has 2 aliphatic rings. The number of guanidine groups is 1. The van der Waals surface area contributed by atoms with E-state index in [0.717, 1.165) is 56.3 Å². The van der Waals surface area contributed by atoms with E-state index < -0.39 is 0 Å². The van der Waals surface area contributed by atoms with E-state index >= 15 is 0 Å². The van der Waals surface area contributed by atoms with Crippen LogP contribution in [0, 0.1) is 0 Å². The van der Waals surface area contributed by atoms with Gasteiger partial charge in [-0.3, -0.25) is 9.67 Å². The van der Waals surface area contributed by atoms with Gasteiger partial charge in [-0.05, 0) is 38.7 Å². The van der Waals surface area contributed by atoms with Gasteiger partial charge in [-0.25, -0.2) is 0 Å². The first kappa shape index (κ1) is 17.1. The van der Waals surface area contributed by atoms with Crippen LogP contribution in [0.4, 0.5) is 0 Å². The molecular formula is C18H28N8. The molecule has 26 heavy (non-hydrogen) atoms. The number of hydrogen-bond donors (Lipinski definition) is 2. The molecule has 4 rings (SSSR count). The van der Waals surface area contributed by atoms with Crippen molar-refractivity contribution in [3.05, 3.63) is 29.1 Å². The third-order valence-corrected chi connectivity index (χ3v) is 5.29. The Bertz CT molecular complexity index is 800. The van der Waals surface area contributed by atoms with Crippen molar-refractivity contribution < 1.29 is 0 Å². The van der Waals surface area contributed by atoms with Gasteiger partial charge < -0.3 is 15.2 Å². The molecule has 2 N–H and O–H groups in total. The van der Waals surface area contributed by atoms with Crippen LogP contribution in [-0.4, -0.2) is 43.6 Å². The number of hydrogen-bond acceptors (Lipinski definition) is 4. The molecule has 1 atom stereocenters. The minimum absolute atomic E-state index is 0.355. The van der Waals surface area contributed by atoms with Gasteiger partial charge in [-0.2, -0.15) is 5.10 Å². The average Bonchev–Trinajstić information content (AvgIpc) is 3.33. The number of aromatic nitrogens is 5. The third-order valence-electron chi connectivity index (χ3n) is 5.29. The van der Waals surface area contributed by atoms with Crippen molar-refractivity contribution >= 4 is 5.96 Å². The van der Waals surface area contributed by atoms with Crippen LogP contribution in [0.3, 0.4) is 0 Å². The molecule has 0 aromatic carbocycles. The van der Waals surface area contributed by atoms with Gasteiger partial charge >= 0.3 is 0 Å². The molecule has 140 valence electrons. The Balaban J connectivity index is 1.35. The lowest BCUT2D eigenvalue weighted by Crippen LogP contribution is -2.45. The first-order chi connectivity index (χ1) is 12.6. The van der Waals surface area contributed by atoms with Gasteiger partial charge in [0.2, 0.25) is 0 Å². The Hall–Kier alpha value is -2.38.